The highest BCUT2D eigenvalue weighted by atomic mass is 79.9. The Balaban J connectivity index is 1.31. The minimum Gasteiger partial charge on any atom is -0.495 e. The molecular weight excluding hydrogens is 700 g/mol. The molecule has 3 N–H and O–H groups in total. The summed E-state index contributed by atoms with van der Waals surface area (Å²) >= 11 is 3.54. The third kappa shape index (κ3) is 7.15. The second kappa shape index (κ2) is 14.4. The highest BCUT2D eigenvalue weighted by molar-refractivity contribution is 9.10. The van der Waals surface area contributed by atoms with E-state index in [9.17, 15) is 29.1 Å². The van der Waals surface area contributed by atoms with Crippen molar-refractivity contribution in [1.29, 1.82) is 0 Å². The van der Waals surface area contributed by atoms with Gasteiger partial charge in [-0.1, -0.05) is 25.0 Å². The van der Waals surface area contributed by atoms with Gasteiger partial charge in [0, 0.05) is 30.8 Å². The summed E-state index contributed by atoms with van der Waals surface area (Å²) in [5.74, 6) is -1.78. The molecule has 2 saturated carbocycles. The van der Waals surface area contributed by atoms with Crippen LogP contribution in [0.1, 0.15) is 70.6 Å². The molecule has 2 aromatic rings. The van der Waals surface area contributed by atoms with Crippen LogP contribution >= 0.6 is 15.9 Å². The number of methoxy groups -OCH3 is 1. The average Bonchev–Trinajstić information content (AvgIpc) is 3.35. The molecule has 13 nitrogen and oxygen atoms in total. The topological polar surface area (TPSA) is 166 Å². The number of aryl methyl sites for hydroxylation is 1. The van der Waals surface area contributed by atoms with Crippen molar-refractivity contribution in [3.05, 3.63) is 45.2 Å². The SMILES string of the molecule is COc1ccc2c(O[C@@H]3C[C@H]4C(=O)N[C@]5(C(=O)O)C[C@@H]5/C=C\CCCCC[C@H](NC(=O)OC5CCCC5)C(=O)N4C3)cc(=O)n(C)c2c1Br. The lowest BCUT2D eigenvalue weighted by Crippen LogP contribution is -2.56. The van der Waals surface area contributed by atoms with Gasteiger partial charge in [-0.15, -0.1) is 0 Å². The van der Waals surface area contributed by atoms with Crippen LogP contribution in [0.4, 0.5) is 4.79 Å². The molecule has 5 atom stereocenters. The maximum Gasteiger partial charge on any atom is 0.408 e. The first-order chi connectivity index (χ1) is 23.5. The van der Waals surface area contributed by atoms with Crippen LogP contribution in [-0.2, 0) is 26.2 Å². The lowest BCUT2D eigenvalue weighted by atomic mass is 10.0. The summed E-state index contributed by atoms with van der Waals surface area (Å²) in [4.78, 5) is 68.1. The van der Waals surface area contributed by atoms with Gasteiger partial charge in [0.15, 0.2) is 0 Å². The van der Waals surface area contributed by atoms with E-state index in [1.165, 1.54) is 22.6 Å². The second-order valence-electron chi connectivity index (χ2n) is 13.5. The van der Waals surface area contributed by atoms with Gasteiger partial charge in [-0.3, -0.25) is 14.4 Å². The van der Waals surface area contributed by atoms with Crippen molar-refractivity contribution < 1.29 is 38.5 Å². The van der Waals surface area contributed by atoms with Crippen molar-refractivity contribution in [1.82, 2.24) is 20.1 Å². The average molecular weight is 744 g/mol. The molecule has 2 aliphatic heterocycles. The molecule has 3 amide bonds. The van der Waals surface area contributed by atoms with Crippen LogP contribution in [0.5, 0.6) is 11.5 Å². The first kappa shape index (κ1) is 34.8. The fourth-order valence-electron chi connectivity index (χ4n) is 7.39. The molecular formula is C35H43BrN4O9. The highest BCUT2D eigenvalue weighted by Gasteiger charge is 2.61. The Hall–Kier alpha value is -4.07. The van der Waals surface area contributed by atoms with Crippen LogP contribution in [0.15, 0.2) is 39.6 Å². The number of alkyl carbamates (subject to hydrolysis) is 1. The van der Waals surface area contributed by atoms with Crippen LogP contribution in [0.3, 0.4) is 0 Å². The molecule has 49 heavy (non-hydrogen) atoms. The number of fused-ring (bicyclic) bond motifs is 3. The third-order valence-electron chi connectivity index (χ3n) is 10.3. The summed E-state index contributed by atoms with van der Waals surface area (Å²) in [5.41, 5.74) is -1.25. The predicted octanol–water partition coefficient (Wildman–Crippen LogP) is 4.18. The summed E-state index contributed by atoms with van der Waals surface area (Å²) < 4.78 is 19.5. The lowest BCUT2D eigenvalue weighted by molar-refractivity contribution is -0.145. The maximum absolute atomic E-state index is 14.3. The summed E-state index contributed by atoms with van der Waals surface area (Å²) in [6.45, 7) is -0.0236. The smallest absolute Gasteiger partial charge is 0.408 e. The van der Waals surface area contributed by atoms with Crippen molar-refractivity contribution in [2.75, 3.05) is 13.7 Å². The van der Waals surface area contributed by atoms with E-state index in [0.29, 0.717) is 34.0 Å². The zero-order chi connectivity index (χ0) is 34.9. The van der Waals surface area contributed by atoms with Gasteiger partial charge in [0.05, 0.1) is 23.6 Å². The van der Waals surface area contributed by atoms with Crippen molar-refractivity contribution in [3.8, 4) is 11.5 Å². The number of allylic oxidation sites excluding steroid dienone is 1. The van der Waals surface area contributed by atoms with Gasteiger partial charge in [0.25, 0.3) is 5.56 Å². The minimum atomic E-state index is -1.46. The van der Waals surface area contributed by atoms with Gasteiger partial charge in [0.1, 0.15) is 41.3 Å². The standard InChI is InChI=1S/C35H43BrN4O9/c1-39-28(41)17-27(23-14-15-26(47-2)29(36)30(23)39)48-22-16-25-31(42)38-35(33(44)45)18-20(35)10-6-4-3-5-7-13-24(32(43)40(25)19-22)37-34(46)49-21-11-8-9-12-21/h6,10,14-15,17,20-22,24-25H,3-5,7-9,11-13,16,18-19H2,1-2H3,(H,37,46)(H,38,42)(H,44,45)/b10-6-/t20-,22+,24-,25-,35+/m0/s1. The number of carbonyl (C=O) groups excluding carboxylic acids is 3. The number of carboxylic acids is 1. The van der Waals surface area contributed by atoms with E-state index in [4.69, 9.17) is 14.2 Å². The summed E-state index contributed by atoms with van der Waals surface area (Å²) in [5, 5.41) is 16.3. The molecule has 0 bridgehead atoms. The summed E-state index contributed by atoms with van der Waals surface area (Å²) in [7, 11) is 3.16. The Labute approximate surface area is 292 Å². The first-order valence-electron chi connectivity index (χ1n) is 17.0. The third-order valence-corrected chi connectivity index (χ3v) is 11.0. The molecule has 3 heterocycles. The molecule has 0 radical (unpaired) electrons. The van der Waals surface area contributed by atoms with Gasteiger partial charge < -0.3 is 39.4 Å². The van der Waals surface area contributed by atoms with Crippen LogP contribution in [-0.4, -0.2) is 81.9 Å². The Kier molecular flexibility index (Phi) is 10.2. The van der Waals surface area contributed by atoms with Crippen LogP contribution in [0.2, 0.25) is 0 Å². The minimum absolute atomic E-state index is 0.0236. The van der Waals surface area contributed by atoms with Crippen LogP contribution in [0.25, 0.3) is 10.9 Å². The van der Waals surface area contributed by atoms with Crippen molar-refractivity contribution in [3.63, 3.8) is 0 Å². The molecule has 14 heteroatoms. The van der Waals surface area contributed by atoms with E-state index >= 15 is 0 Å². The summed E-state index contributed by atoms with van der Waals surface area (Å²) in [6, 6.07) is 2.84. The number of carbonyl (C=O) groups is 4. The fourth-order valence-corrected chi connectivity index (χ4v) is 8.16. The molecule has 2 aliphatic carbocycles. The number of aliphatic carboxylic acids is 1. The number of nitrogens with zero attached hydrogens (tertiary/aromatic N) is 2. The first-order valence-corrected chi connectivity index (χ1v) is 17.8. The van der Waals surface area contributed by atoms with E-state index in [1.807, 2.05) is 12.2 Å². The number of carboxylic acid groups (broad SMARTS) is 1. The molecule has 6 rings (SSSR count). The number of ether oxygens (including phenoxy) is 3. The lowest BCUT2D eigenvalue weighted by Gasteiger charge is -2.29. The van der Waals surface area contributed by atoms with Crippen molar-refractivity contribution >= 4 is 50.7 Å². The van der Waals surface area contributed by atoms with Gasteiger partial charge in [-0.2, -0.15) is 0 Å². The Morgan fingerprint density at radius 1 is 1.04 bits per heavy atom. The van der Waals surface area contributed by atoms with Crippen LogP contribution < -0.4 is 25.7 Å². The zero-order valence-corrected chi connectivity index (χ0v) is 29.3. The number of halogens is 1. The maximum atomic E-state index is 14.3. The molecule has 0 unspecified atom stereocenters. The molecule has 4 aliphatic rings. The monoisotopic (exact) mass is 742 g/mol. The van der Waals surface area contributed by atoms with Gasteiger partial charge in [0.2, 0.25) is 11.8 Å². The highest BCUT2D eigenvalue weighted by Crippen LogP contribution is 2.45. The molecule has 264 valence electrons. The fraction of sp³-hybridized carbons (Fsp3) is 0.571. The summed E-state index contributed by atoms with van der Waals surface area (Å²) in [6.07, 6.45) is 9.39. The van der Waals surface area contributed by atoms with Crippen molar-refractivity contribution in [2.24, 2.45) is 13.0 Å². The van der Waals surface area contributed by atoms with Crippen LogP contribution in [0, 0.1) is 5.92 Å². The number of benzene rings is 1. The number of aromatic nitrogens is 1. The van der Waals surface area contributed by atoms with Gasteiger partial charge in [-0.05, 0) is 79.4 Å². The van der Waals surface area contributed by atoms with Gasteiger partial charge in [-0.25, -0.2) is 9.59 Å². The van der Waals surface area contributed by atoms with Crippen molar-refractivity contribution in [2.45, 2.75) is 100 Å². The molecule has 1 aromatic heterocycles. The molecule has 3 fully saturated rings. The second-order valence-corrected chi connectivity index (χ2v) is 14.3. The number of hydrogen-bond donors (Lipinski definition) is 3. The Bertz CT molecular complexity index is 1720. The predicted molar refractivity (Wildman–Crippen MR) is 182 cm³/mol. The number of amides is 3. The van der Waals surface area contributed by atoms with E-state index in [-0.39, 0.29) is 42.7 Å². The van der Waals surface area contributed by atoms with E-state index in [0.717, 1.165) is 44.9 Å². The van der Waals surface area contributed by atoms with E-state index < -0.39 is 47.6 Å². The number of rotatable bonds is 6. The zero-order valence-electron chi connectivity index (χ0n) is 27.7. The number of hydrogen-bond acceptors (Lipinski definition) is 8. The largest absolute Gasteiger partial charge is 0.495 e. The number of nitrogens with one attached hydrogen (secondary N) is 2. The molecule has 1 aromatic carbocycles. The quantitative estimate of drug-likeness (QED) is 0.369. The van der Waals surface area contributed by atoms with Gasteiger partial charge >= 0.3 is 12.1 Å². The Morgan fingerprint density at radius 2 is 1.80 bits per heavy atom. The van der Waals surface area contributed by atoms with E-state index in [1.54, 1.807) is 19.2 Å². The Morgan fingerprint density at radius 3 is 2.53 bits per heavy atom. The normalized spacial score (nSPS) is 28.4. The number of pyridine rings is 1. The molecule has 1 saturated heterocycles. The van der Waals surface area contributed by atoms with E-state index in [2.05, 4.69) is 26.6 Å². The molecule has 0 spiro atoms.